The number of ether oxygens (including phenoxy) is 2. The van der Waals surface area contributed by atoms with Crippen LogP contribution < -0.4 is 4.74 Å². The van der Waals surface area contributed by atoms with E-state index in [0.29, 0.717) is 18.9 Å². The van der Waals surface area contributed by atoms with Crippen molar-refractivity contribution in [2.24, 2.45) is 0 Å². The molecule has 2 unspecified atom stereocenters. The maximum atomic E-state index is 12.6. The molecule has 4 nitrogen and oxygen atoms in total. The number of amides is 1. The van der Waals surface area contributed by atoms with Gasteiger partial charge in [0.15, 0.2) is 6.61 Å². The van der Waals surface area contributed by atoms with Gasteiger partial charge in [-0.15, -0.1) is 0 Å². The Balaban J connectivity index is 1.64. The molecule has 0 aromatic heterocycles. The van der Waals surface area contributed by atoms with Crippen LogP contribution in [0.2, 0.25) is 0 Å². The molecule has 1 heterocycles. The molecule has 3 rings (SSSR count). The van der Waals surface area contributed by atoms with Gasteiger partial charge in [0, 0.05) is 6.54 Å². The van der Waals surface area contributed by atoms with E-state index < -0.39 is 0 Å². The van der Waals surface area contributed by atoms with Crippen LogP contribution in [0.25, 0.3) is 0 Å². The molecule has 2 fully saturated rings. The zero-order valence-electron chi connectivity index (χ0n) is 12.3. The van der Waals surface area contributed by atoms with E-state index in [1.807, 2.05) is 23.1 Å². The third kappa shape index (κ3) is 3.49. The molecule has 1 saturated carbocycles. The second kappa shape index (κ2) is 7.32. The summed E-state index contributed by atoms with van der Waals surface area (Å²) in [6.45, 7) is 1.36. The van der Waals surface area contributed by atoms with Crippen LogP contribution in [-0.4, -0.2) is 42.7 Å². The van der Waals surface area contributed by atoms with E-state index in [0.717, 1.165) is 21.8 Å². The number of para-hydroxylation sites is 1. The molecule has 6 heteroatoms. The van der Waals surface area contributed by atoms with Gasteiger partial charge in [-0.3, -0.25) is 4.79 Å². The summed E-state index contributed by atoms with van der Waals surface area (Å²) in [6.07, 6.45) is 4.68. The highest BCUT2D eigenvalue weighted by Crippen LogP contribution is 2.33. The van der Waals surface area contributed by atoms with Gasteiger partial charge in [0.25, 0.3) is 5.91 Å². The van der Waals surface area contributed by atoms with Crippen LogP contribution in [0.3, 0.4) is 0 Å². The van der Waals surface area contributed by atoms with Crippen molar-refractivity contribution in [3.05, 3.63) is 27.1 Å². The number of halogens is 2. The van der Waals surface area contributed by atoms with Crippen molar-refractivity contribution in [1.82, 2.24) is 4.90 Å². The predicted molar refractivity (Wildman–Crippen MR) is 91.0 cm³/mol. The summed E-state index contributed by atoms with van der Waals surface area (Å²) in [7, 11) is 0. The zero-order valence-corrected chi connectivity index (χ0v) is 15.4. The highest BCUT2D eigenvalue weighted by Gasteiger charge is 2.36. The summed E-state index contributed by atoms with van der Waals surface area (Å²) in [5, 5.41) is 0. The average Bonchev–Trinajstić information content (AvgIpc) is 2.53. The average molecular weight is 433 g/mol. The first-order valence-electron chi connectivity index (χ1n) is 7.64. The molecule has 0 bridgehead atoms. The lowest BCUT2D eigenvalue weighted by atomic mass is 9.90. The maximum Gasteiger partial charge on any atom is 0.260 e. The number of rotatable bonds is 3. The predicted octanol–water partition coefficient (Wildman–Crippen LogP) is 3.76. The Bertz CT molecular complexity index is 530. The first-order chi connectivity index (χ1) is 10.7. The van der Waals surface area contributed by atoms with E-state index in [-0.39, 0.29) is 24.7 Å². The van der Waals surface area contributed by atoms with E-state index in [2.05, 4.69) is 31.9 Å². The minimum absolute atomic E-state index is 0.0443. The number of fused-ring (bicyclic) bond motifs is 1. The normalized spacial score (nSPS) is 24.7. The van der Waals surface area contributed by atoms with Crippen LogP contribution in [-0.2, 0) is 9.53 Å². The van der Waals surface area contributed by atoms with E-state index in [1.54, 1.807) is 0 Å². The number of morpholine rings is 1. The maximum absolute atomic E-state index is 12.6. The van der Waals surface area contributed by atoms with Crippen molar-refractivity contribution in [2.75, 3.05) is 19.8 Å². The van der Waals surface area contributed by atoms with Crippen molar-refractivity contribution in [1.29, 1.82) is 0 Å². The molecule has 1 aromatic rings. The van der Waals surface area contributed by atoms with Gasteiger partial charge < -0.3 is 14.4 Å². The third-order valence-electron chi connectivity index (χ3n) is 4.31. The van der Waals surface area contributed by atoms with Crippen LogP contribution in [0.4, 0.5) is 0 Å². The van der Waals surface area contributed by atoms with Gasteiger partial charge in [-0.25, -0.2) is 0 Å². The van der Waals surface area contributed by atoms with Crippen molar-refractivity contribution < 1.29 is 14.3 Å². The van der Waals surface area contributed by atoms with Crippen LogP contribution in [0.5, 0.6) is 5.75 Å². The van der Waals surface area contributed by atoms with Crippen molar-refractivity contribution in [2.45, 2.75) is 37.8 Å². The molecule has 22 heavy (non-hydrogen) atoms. The highest BCUT2D eigenvalue weighted by molar-refractivity contribution is 9.11. The zero-order chi connectivity index (χ0) is 15.5. The quantitative estimate of drug-likeness (QED) is 0.729. The minimum atomic E-state index is 0.0443. The van der Waals surface area contributed by atoms with Gasteiger partial charge in [0.05, 0.1) is 27.7 Å². The van der Waals surface area contributed by atoms with Crippen LogP contribution in [0.1, 0.15) is 25.7 Å². The summed E-state index contributed by atoms with van der Waals surface area (Å²) in [4.78, 5) is 14.5. The first kappa shape index (κ1) is 16.3. The second-order valence-electron chi connectivity index (χ2n) is 5.69. The Hall–Kier alpha value is -0.590. The summed E-state index contributed by atoms with van der Waals surface area (Å²) in [5.74, 6) is 0.715. The van der Waals surface area contributed by atoms with Gasteiger partial charge in [0.2, 0.25) is 0 Å². The smallest absolute Gasteiger partial charge is 0.260 e. The van der Waals surface area contributed by atoms with Gasteiger partial charge >= 0.3 is 0 Å². The molecular weight excluding hydrogens is 414 g/mol. The lowest BCUT2D eigenvalue weighted by Crippen LogP contribution is -2.55. The van der Waals surface area contributed by atoms with Crippen LogP contribution >= 0.6 is 31.9 Å². The molecule has 1 amide bonds. The first-order valence-corrected chi connectivity index (χ1v) is 9.23. The minimum Gasteiger partial charge on any atom is -0.481 e. The number of nitrogens with zero attached hydrogens (tertiary/aromatic N) is 1. The fourth-order valence-electron chi connectivity index (χ4n) is 3.24. The molecule has 1 aromatic carbocycles. The topological polar surface area (TPSA) is 38.8 Å². The number of hydrogen-bond acceptors (Lipinski definition) is 3. The van der Waals surface area contributed by atoms with Crippen molar-refractivity contribution in [3.8, 4) is 5.75 Å². The Labute approximate surface area is 147 Å². The fourth-order valence-corrected chi connectivity index (χ4v) is 4.47. The Morgan fingerprint density at radius 2 is 2.00 bits per heavy atom. The molecular formula is C16H19Br2NO3. The summed E-state index contributed by atoms with van der Waals surface area (Å²) < 4.78 is 13.2. The van der Waals surface area contributed by atoms with Crippen LogP contribution in [0, 0.1) is 0 Å². The Morgan fingerprint density at radius 3 is 2.77 bits per heavy atom. The Kier molecular flexibility index (Phi) is 5.42. The molecule has 1 saturated heterocycles. The Morgan fingerprint density at radius 1 is 1.27 bits per heavy atom. The molecule has 2 atom stereocenters. The number of carbonyl (C=O) groups is 1. The molecule has 120 valence electrons. The number of benzene rings is 1. The number of carbonyl (C=O) groups excluding carboxylic acids is 1. The summed E-state index contributed by atoms with van der Waals surface area (Å²) in [5.41, 5.74) is 0. The lowest BCUT2D eigenvalue weighted by molar-refractivity contribution is -0.151. The highest BCUT2D eigenvalue weighted by atomic mass is 79.9. The van der Waals surface area contributed by atoms with Gasteiger partial charge in [-0.1, -0.05) is 18.9 Å². The molecule has 0 radical (unpaired) electrons. The molecule has 0 N–H and O–H groups in total. The molecule has 1 aliphatic heterocycles. The standard InChI is InChI=1S/C16H19Br2NO3/c17-11-4-3-5-12(18)16(11)22-10-15(20)19-8-9-21-14-7-2-1-6-13(14)19/h3-5,13-14H,1-2,6-10H2. The van der Waals surface area contributed by atoms with E-state index in [9.17, 15) is 4.79 Å². The number of hydrogen-bond donors (Lipinski definition) is 0. The second-order valence-corrected chi connectivity index (χ2v) is 7.40. The molecule has 1 aliphatic carbocycles. The molecule has 2 aliphatic rings. The van der Waals surface area contributed by atoms with E-state index in [1.165, 1.54) is 12.8 Å². The largest absolute Gasteiger partial charge is 0.481 e. The lowest BCUT2D eigenvalue weighted by Gasteiger charge is -2.43. The van der Waals surface area contributed by atoms with Crippen molar-refractivity contribution in [3.63, 3.8) is 0 Å². The van der Waals surface area contributed by atoms with Gasteiger partial charge in [-0.05, 0) is 56.8 Å². The van der Waals surface area contributed by atoms with Crippen molar-refractivity contribution >= 4 is 37.8 Å². The monoisotopic (exact) mass is 431 g/mol. The van der Waals surface area contributed by atoms with Gasteiger partial charge in [0.1, 0.15) is 5.75 Å². The van der Waals surface area contributed by atoms with E-state index >= 15 is 0 Å². The summed E-state index contributed by atoms with van der Waals surface area (Å²) in [6, 6.07) is 5.94. The SMILES string of the molecule is O=C(COc1c(Br)cccc1Br)N1CCOC2CCCCC21. The molecule has 0 spiro atoms. The van der Waals surface area contributed by atoms with Gasteiger partial charge in [-0.2, -0.15) is 0 Å². The van der Waals surface area contributed by atoms with E-state index in [4.69, 9.17) is 9.47 Å². The summed E-state index contributed by atoms with van der Waals surface area (Å²) >= 11 is 6.90. The fraction of sp³-hybridized carbons (Fsp3) is 0.562. The third-order valence-corrected chi connectivity index (χ3v) is 5.56. The van der Waals surface area contributed by atoms with Crippen LogP contribution in [0.15, 0.2) is 27.1 Å².